The quantitative estimate of drug-likeness (QED) is 0.882. The second-order valence-electron chi connectivity index (χ2n) is 7.99. The minimum absolute atomic E-state index is 0.0637. The van der Waals surface area contributed by atoms with Crippen LogP contribution in [0, 0.1) is 19.8 Å². The number of carbonyl (C=O) groups is 1. The first-order valence-electron chi connectivity index (χ1n) is 9.91. The smallest absolute Gasteiger partial charge is 0.321 e. The number of hydrogen-bond acceptors (Lipinski definition) is 2. The number of carbonyl (C=O) groups excluding carboxylic acids is 1. The molecular formula is C21H33N3O. The number of para-hydroxylation sites is 1. The van der Waals surface area contributed by atoms with E-state index < -0.39 is 0 Å². The zero-order valence-electron chi connectivity index (χ0n) is 16.1. The first kappa shape index (κ1) is 18.2. The summed E-state index contributed by atoms with van der Waals surface area (Å²) in [4.78, 5) is 17.4. The molecule has 2 atom stereocenters. The van der Waals surface area contributed by atoms with E-state index in [0.717, 1.165) is 42.9 Å². The molecule has 2 aliphatic heterocycles. The number of likely N-dealkylation sites (tertiary alicyclic amines) is 2. The maximum absolute atomic E-state index is 12.8. The third-order valence-electron chi connectivity index (χ3n) is 5.95. The van der Waals surface area contributed by atoms with E-state index in [1.54, 1.807) is 0 Å². The van der Waals surface area contributed by atoms with Gasteiger partial charge in [-0.15, -0.1) is 0 Å². The van der Waals surface area contributed by atoms with Gasteiger partial charge in [0.05, 0.1) is 0 Å². The highest BCUT2D eigenvalue weighted by Gasteiger charge is 2.27. The Balaban J connectivity index is 1.58. The van der Waals surface area contributed by atoms with Gasteiger partial charge in [-0.3, -0.25) is 0 Å². The highest BCUT2D eigenvalue weighted by molar-refractivity contribution is 5.91. The molecule has 1 aromatic rings. The van der Waals surface area contributed by atoms with Crippen LogP contribution < -0.4 is 5.32 Å². The van der Waals surface area contributed by atoms with Crippen molar-refractivity contribution in [1.82, 2.24) is 9.80 Å². The molecule has 2 heterocycles. The fourth-order valence-electron chi connectivity index (χ4n) is 4.36. The van der Waals surface area contributed by atoms with Gasteiger partial charge in [-0.2, -0.15) is 0 Å². The largest absolute Gasteiger partial charge is 0.324 e. The van der Waals surface area contributed by atoms with Crippen molar-refractivity contribution in [1.29, 1.82) is 0 Å². The minimum Gasteiger partial charge on any atom is -0.324 e. The molecule has 2 fully saturated rings. The number of aryl methyl sites for hydroxylation is 2. The fraction of sp³-hybridized carbons (Fsp3) is 0.667. The van der Waals surface area contributed by atoms with Crippen molar-refractivity contribution >= 4 is 11.7 Å². The second-order valence-corrected chi connectivity index (χ2v) is 7.99. The zero-order valence-corrected chi connectivity index (χ0v) is 16.1. The Morgan fingerprint density at radius 1 is 1.12 bits per heavy atom. The summed E-state index contributed by atoms with van der Waals surface area (Å²) < 4.78 is 0. The maximum atomic E-state index is 12.8. The molecule has 25 heavy (non-hydrogen) atoms. The molecule has 0 aliphatic carbocycles. The van der Waals surface area contributed by atoms with Crippen molar-refractivity contribution in [2.75, 3.05) is 31.5 Å². The van der Waals surface area contributed by atoms with Gasteiger partial charge >= 0.3 is 6.03 Å². The second kappa shape index (κ2) is 8.22. The Bertz CT molecular complexity index is 581. The van der Waals surface area contributed by atoms with Crippen LogP contribution in [-0.4, -0.2) is 48.1 Å². The Kier molecular flexibility index (Phi) is 6.00. The number of urea groups is 1. The van der Waals surface area contributed by atoms with Gasteiger partial charge in [-0.25, -0.2) is 4.79 Å². The molecule has 1 N–H and O–H groups in total. The number of anilines is 1. The van der Waals surface area contributed by atoms with Gasteiger partial charge in [0.2, 0.25) is 0 Å². The first-order chi connectivity index (χ1) is 12.0. The zero-order chi connectivity index (χ0) is 17.8. The molecule has 138 valence electrons. The van der Waals surface area contributed by atoms with Crippen LogP contribution in [0.15, 0.2) is 18.2 Å². The van der Waals surface area contributed by atoms with Crippen molar-refractivity contribution in [3.8, 4) is 0 Å². The molecule has 2 saturated heterocycles. The summed E-state index contributed by atoms with van der Waals surface area (Å²) in [6.07, 6.45) is 6.38. The molecule has 0 spiro atoms. The monoisotopic (exact) mass is 343 g/mol. The summed E-state index contributed by atoms with van der Waals surface area (Å²) in [5.74, 6) is 0.609. The van der Waals surface area contributed by atoms with Crippen LogP contribution in [0.25, 0.3) is 0 Å². The van der Waals surface area contributed by atoms with Crippen molar-refractivity contribution < 1.29 is 4.79 Å². The molecule has 0 bridgehead atoms. The predicted octanol–water partition coefficient (Wildman–Crippen LogP) is 4.42. The summed E-state index contributed by atoms with van der Waals surface area (Å²) >= 11 is 0. The minimum atomic E-state index is 0.0637. The Morgan fingerprint density at radius 3 is 2.60 bits per heavy atom. The molecule has 3 rings (SSSR count). The number of nitrogens with one attached hydrogen (secondary N) is 1. The Labute approximate surface area is 152 Å². The number of nitrogens with zero attached hydrogens (tertiary/aromatic N) is 2. The van der Waals surface area contributed by atoms with Crippen molar-refractivity contribution in [2.24, 2.45) is 5.92 Å². The third-order valence-corrected chi connectivity index (χ3v) is 5.95. The van der Waals surface area contributed by atoms with Crippen LogP contribution in [-0.2, 0) is 0 Å². The van der Waals surface area contributed by atoms with Crippen molar-refractivity contribution in [2.45, 2.75) is 58.9 Å². The number of hydrogen-bond donors (Lipinski definition) is 1. The van der Waals surface area contributed by atoms with E-state index in [1.807, 2.05) is 11.0 Å². The van der Waals surface area contributed by atoms with Gasteiger partial charge in [-0.1, -0.05) is 24.6 Å². The van der Waals surface area contributed by atoms with E-state index in [2.05, 4.69) is 43.1 Å². The Morgan fingerprint density at radius 2 is 1.88 bits per heavy atom. The van der Waals surface area contributed by atoms with E-state index in [1.165, 1.54) is 32.2 Å². The predicted molar refractivity (Wildman–Crippen MR) is 104 cm³/mol. The topological polar surface area (TPSA) is 35.6 Å². The van der Waals surface area contributed by atoms with Crippen LogP contribution in [0.4, 0.5) is 10.5 Å². The molecular weight excluding hydrogens is 310 g/mol. The number of rotatable bonds is 3. The first-order valence-corrected chi connectivity index (χ1v) is 9.91. The highest BCUT2D eigenvalue weighted by atomic mass is 16.2. The lowest BCUT2D eigenvalue weighted by Crippen LogP contribution is -2.47. The van der Waals surface area contributed by atoms with Crippen molar-refractivity contribution in [3.63, 3.8) is 0 Å². The van der Waals surface area contributed by atoms with Gasteiger partial charge in [0.1, 0.15) is 0 Å². The Hall–Kier alpha value is -1.55. The summed E-state index contributed by atoms with van der Waals surface area (Å²) in [6, 6.07) is 6.91. The summed E-state index contributed by atoms with van der Waals surface area (Å²) in [6.45, 7) is 10.6. The molecule has 0 unspecified atom stereocenters. The van der Waals surface area contributed by atoms with Gasteiger partial charge in [-0.05, 0) is 70.0 Å². The lowest BCUT2D eigenvalue weighted by molar-refractivity contribution is 0.104. The molecule has 4 nitrogen and oxygen atoms in total. The van der Waals surface area contributed by atoms with E-state index in [0.29, 0.717) is 12.0 Å². The SMILES string of the molecule is Cc1cccc(C)c1NC(=O)N1CCC[C@H](CN2CCCC[C@H]2C)C1. The van der Waals surface area contributed by atoms with Gasteiger partial charge in [0, 0.05) is 31.4 Å². The average Bonchev–Trinajstić information content (AvgIpc) is 2.60. The van der Waals surface area contributed by atoms with E-state index in [4.69, 9.17) is 0 Å². The summed E-state index contributed by atoms with van der Waals surface area (Å²) in [5.41, 5.74) is 3.23. The van der Waals surface area contributed by atoms with Crippen molar-refractivity contribution in [3.05, 3.63) is 29.3 Å². The maximum Gasteiger partial charge on any atom is 0.321 e. The number of amides is 2. The lowest BCUT2D eigenvalue weighted by atomic mass is 9.95. The number of piperidine rings is 2. The van der Waals surface area contributed by atoms with E-state index >= 15 is 0 Å². The molecule has 0 aromatic heterocycles. The van der Waals surface area contributed by atoms with Crippen LogP contribution in [0.1, 0.15) is 50.2 Å². The van der Waals surface area contributed by atoms with Gasteiger partial charge < -0.3 is 15.1 Å². The average molecular weight is 344 g/mol. The third kappa shape index (κ3) is 4.55. The fourth-order valence-corrected chi connectivity index (χ4v) is 4.36. The molecule has 0 radical (unpaired) electrons. The van der Waals surface area contributed by atoms with Crippen LogP contribution in [0.5, 0.6) is 0 Å². The van der Waals surface area contributed by atoms with Crippen LogP contribution >= 0.6 is 0 Å². The van der Waals surface area contributed by atoms with Gasteiger partial charge in [0.15, 0.2) is 0 Å². The molecule has 1 aromatic carbocycles. The molecule has 4 heteroatoms. The lowest BCUT2D eigenvalue weighted by Gasteiger charge is -2.39. The molecule has 2 amide bonds. The normalized spacial score (nSPS) is 25.0. The summed E-state index contributed by atoms with van der Waals surface area (Å²) in [5, 5.41) is 3.15. The van der Waals surface area contributed by atoms with Gasteiger partial charge in [0.25, 0.3) is 0 Å². The van der Waals surface area contributed by atoms with Crippen LogP contribution in [0.2, 0.25) is 0 Å². The highest BCUT2D eigenvalue weighted by Crippen LogP contribution is 2.24. The standard InChI is InChI=1S/C21H33N3O/c1-16-8-6-9-17(2)20(16)22-21(25)24-13-7-11-19(15-24)14-23-12-5-4-10-18(23)3/h6,8-9,18-19H,4-5,7,10-15H2,1-3H3,(H,22,25)/t18-,19-/m1/s1. The van der Waals surface area contributed by atoms with Crippen LogP contribution in [0.3, 0.4) is 0 Å². The summed E-state index contributed by atoms with van der Waals surface area (Å²) in [7, 11) is 0. The van der Waals surface area contributed by atoms with E-state index in [9.17, 15) is 4.79 Å². The number of benzene rings is 1. The van der Waals surface area contributed by atoms with E-state index in [-0.39, 0.29) is 6.03 Å². The molecule has 2 aliphatic rings. The molecule has 0 saturated carbocycles.